The van der Waals surface area contributed by atoms with Crippen LogP contribution in [0, 0.1) is 0 Å². The highest BCUT2D eigenvalue weighted by molar-refractivity contribution is 7.89. The number of carboxylic acids is 1. The highest BCUT2D eigenvalue weighted by Crippen LogP contribution is 2.35. The quantitative estimate of drug-likeness (QED) is 0.337. The number of aliphatic hydroxyl groups is 1. The van der Waals surface area contributed by atoms with E-state index in [0.29, 0.717) is 4.31 Å². The van der Waals surface area contributed by atoms with Gasteiger partial charge in [-0.15, -0.1) is 0 Å². The summed E-state index contributed by atoms with van der Waals surface area (Å²) in [6, 6.07) is 18.5. The molecule has 2 N–H and O–H groups in total. The van der Waals surface area contributed by atoms with Crippen LogP contribution in [0.25, 0.3) is 5.76 Å². The third kappa shape index (κ3) is 3.90. The van der Waals surface area contributed by atoms with Gasteiger partial charge >= 0.3 is 5.97 Å². The Morgan fingerprint density at radius 1 is 0.758 bits per heavy atom. The van der Waals surface area contributed by atoms with Crippen LogP contribution in [-0.2, 0) is 10.0 Å². The van der Waals surface area contributed by atoms with Crippen molar-refractivity contribution in [1.82, 2.24) is 4.31 Å². The first-order valence-electron chi connectivity index (χ1n) is 9.73. The molecule has 0 bridgehead atoms. The van der Waals surface area contributed by atoms with Crippen LogP contribution in [0.4, 0.5) is 0 Å². The largest absolute Gasteiger partial charge is 0.505 e. The van der Waals surface area contributed by atoms with E-state index in [-0.39, 0.29) is 27.1 Å². The molecule has 1 aliphatic rings. The van der Waals surface area contributed by atoms with Gasteiger partial charge in [0, 0.05) is 16.7 Å². The van der Waals surface area contributed by atoms with Crippen molar-refractivity contribution in [2.45, 2.75) is 4.90 Å². The fraction of sp³-hybridized carbons (Fsp3) is 0.0417. The molecule has 0 amide bonds. The van der Waals surface area contributed by atoms with Gasteiger partial charge in [0.2, 0.25) is 5.78 Å². The number of ketones is 2. The zero-order valence-electron chi connectivity index (χ0n) is 17.0. The van der Waals surface area contributed by atoms with Gasteiger partial charge in [-0.25, -0.2) is 13.2 Å². The highest BCUT2D eigenvalue weighted by atomic mass is 32.2. The number of aromatic carboxylic acids is 1. The summed E-state index contributed by atoms with van der Waals surface area (Å²) in [6.45, 7) is -0.763. The Labute approximate surface area is 189 Å². The maximum Gasteiger partial charge on any atom is 0.335 e. The molecule has 1 aliphatic heterocycles. The first-order chi connectivity index (χ1) is 15.7. The summed E-state index contributed by atoms with van der Waals surface area (Å²) >= 11 is 0. The van der Waals surface area contributed by atoms with Gasteiger partial charge in [0.15, 0.2) is 11.5 Å². The molecule has 8 nitrogen and oxygen atoms in total. The average molecular weight is 463 g/mol. The first kappa shape index (κ1) is 22.0. The average Bonchev–Trinajstić information content (AvgIpc) is 2.83. The van der Waals surface area contributed by atoms with Crippen LogP contribution in [-0.4, -0.2) is 47.0 Å². The van der Waals surface area contributed by atoms with Crippen molar-refractivity contribution in [2.24, 2.45) is 0 Å². The zero-order valence-corrected chi connectivity index (χ0v) is 17.8. The summed E-state index contributed by atoms with van der Waals surface area (Å²) in [5, 5.41) is 19.9. The van der Waals surface area contributed by atoms with Gasteiger partial charge in [0.25, 0.3) is 10.0 Å². The van der Waals surface area contributed by atoms with Gasteiger partial charge in [0.1, 0.15) is 5.70 Å². The lowest BCUT2D eigenvalue weighted by atomic mass is 10.0. The third-order valence-electron chi connectivity index (χ3n) is 5.18. The van der Waals surface area contributed by atoms with E-state index in [1.54, 1.807) is 18.2 Å². The number of carbonyl (C=O) groups is 3. The number of benzene rings is 3. The molecule has 3 aromatic carbocycles. The SMILES string of the molecule is O=C(O)c1ccc(C(=O)CN2C(=C(O)c3ccccc3)C(=O)c3ccccc3S2(=O)=O)cc1. The summed E-state index contributed by atoms with van der Waals surface area (Å²) in [5.74, 6) is -3.17. The molecule has 0 aromatic heterocycles. The number of sulfonamides is 1. The van der Waals surface area contributed by atoms with Crippen molar-refractivity contribution in [2.75, 3.05) is 6.54 Å². The van der Waals surface area contributed by atoms with E-state index in [1.165, 1.54) is 60.7 Å². The molecule has 9 heteroatoms. The maximum atomic E-state index is 13.4. The number of nitrogens with zero attached hydrogens (tertiary/aromatic N) is 1. The first-order valence-corrected chi connectivity index (χ1v) is 11.2. The number of hydrogen-bond donors (Lipinski definition) is 2. The summed E-state index contributed by atoms with van der Waals surface area (Å²) in [5.41, 5.74) is -0.415. The summed E-state index contributed by atoms with van der Waals surface area (Å²) < 4.78 is 27.4. The van der Waals surface area contributed by atoms with E-state index in [0.717, 1.165) is 0 Å². The monoisotopic (exact) mass is 463 g/mol. The molecule has 0 radical (unpaired) electrons. The number of hydrogen-bond acceptors (Lipinski definition) is 6. The normalized spacial score (nSPS) is 16.1. The lowest BCUT2D eigenvalue weighted by molar-refractivity contribution is 0.0696. The molecule has 0 saturated heterocycles. The van der Waals surface area contributed by atoms with Gasteiger partial charge in [-0.05, 0) is 24.3 Å². The number of rotatable bonds is 5. The minimum atomic E-state index is -4.36. The lowest BCUT2D eigenvalue weighted by Gasteiger charge is -2.31. The zero-order chi connectivity index (χ0) is 23.8. The van der Waals surface area contributed by atoms with Gasteiger partial charge in [-0.3, -0.25) is 13.9 Å². The van der Waals surface area contributed by atoms with E-state index in [4.69, 9.17) is 5.11 Å². The molecule has 0 fully saturated rings. The van der Waals surface area contributed by atoms with Gasteiger partial charge in [-0.1, -0.05) is 54.6 Å². The number of aliphatic hydroxyl groups excluding tert-OH is 1. The minimum Gasteiger partial charge on any atom is -0.505 e. The Balaban J connectivity index is 1.85. The molecule has 4 rings (SSSR count). The molecule has 3 aromatic rings. The van der Waals surface area contributed by atoms with Crippen LogP contribution in [0.1, 0.15) is 36.6 Å². The van der Waals surface area contributed by atoms with E-state index in [9.17, 15) is 27.9 Å². The summed E-state index contributed by atoms with van der Waals surface area (Å²) in [6.07, 6.45) is 0. The van der Waals surface area contributed by atoms with Crippen molar-refractivity contribution >= 4 is 33.3 Å². The van der Waals surface area contributed by atoms with E-state index in [2.05, 4.69) is 0 Å². The molecule has 33 heavy (non-hydrogen) atoms. The summed E-state index contributed by atoms with van der Waals surface area (Å²) in [4.78, 5) is 37.0. The molecule has 1 heterocycles. The van der Waals surface area contributed by atoms with E-state index < -0.39 is 45.6 Å². The number of Topliss-reactive ketones (excluding diaryl/α,β-unsaturated/α-hetero) is 2. The standard InChI is InChI=1S/C24H17NO7S/c26-19(15-10-12-17(13-11-15)24(29)30)14-25-21(22(27)16-6-2-1-3-7-16)23(28)18-8-4-5-9-20(18)33(25,31)32/h1-13,27H,14H2,(H,29,30). The van der Waals surface area contributed by atoms with Crippen LogP contribution in [0.15, 0.2) is 89.5 Å². The van der Waals surface area contributed by atoms with Gasteiger partial charge < -0.3 is 10.2 Å². The minimum absolute atomic E-state index is 0.0384. The molecule has 0 saturated carbocycles. The van der Waals surface area contributed by atoms with E-state index >= 15 is 0 Å². The van der Waals surface area contributed by atoms with Crippen molar-refractivity contribution in [3.05, 3.63) is 107 Å². The molecular formula is C24H17NO7S. The smallest absolute Gasteiger partial charge is 0.335 e. The third-order valence-corrected chi connectivity index (χ3v) is 6.98. The van der Waals surface area contributed by atoms with Crippen LogP contribution in [0.3, 0.4) is 0 Å². The lowest BCUT2D eigenvalue weighted by Crippen LogP contribution is -2.42. The molecule has 0 atom stereocenters. The van der Waals surface area contributed by atoms with Crippen molar-refractivity contribution in [1.29, 1.82) is 0 Å². The second-order valence-corrected chi connectivity index (χ2v) is 9.04. The fourth-order valence-corrected chi connectivity index (χ4v) is 5.13. The Morgan fingerprint density at radius 2 is 1.33 bits per heavy atom. The predicted octanol–water partition coefficient (Wildman–Crippen LogP) is 3.38. The Hall–Kier alpha value is -4.24. The predicted molar refractivity (Wildman–Crippen MR) is 118 cm³/mol. The molecule has 166 valence electrons. The van der Waals surface area contributed by atoms with Crippen LogP contribution in [0.5, 0.6) is 0 Å². The van der Waals surface area contributed by atoms with Gasteiger partial charge in [-0.2, -0.15) is 0 Å². The second kappa shape index (κ2) is 8.36. The number of allylic oxidation sites excluding steroid dienone is 1. The Morgan fingerprint density at radius 3 is 1.97 bits per heavy atom. The van der Waals surface area contributed by atoms with Gasteiger partial charge in [0.05, 0.1) is 17.0 Å². The Bertz CT molecular complexity index is 1410. The highest BCUT2D eigenvalue weighted by Gasteiger charge is 2.42. The van der Waals surface area contributed by atoms with Crippen LogP contribution < -0.4 is 0 Å². The number of fused-ring (bicyclic) bond motifs is 1. The van der Waals surface area contributed by atoms with Crippen LogP contribution >= 0.6 is 0 Å². The number of carbonyl (C=O) groups excluding carboxylic acids is 2. The summed E-state index contributed by atoms with van der Waals surface area (Å²) in [7, 11) is -4.36. The van der Waals surface area contributed by atoms with Crippen LogP contribution in [0.2, 0.25) is 0 Å². The molecule has 0 unspecified atom stereocenters. The van der Waals surface area contributed by atoms with Crippen molar-refractivity contribution < 1.29 is 33.0 Å². The van der Waals surface area contributed by atoms with Crippen molar-refractivity contribution in [3.8, 4) is 0 Å². The maximum absolute atomic E-state index is 13.4. The Kier molecular flexibility index (Phi) is 5.57. The molecular weight excluding hydrogens is 446 g/mol. The topological polar surface area (TPSA) is 129 Å². The van der Waals surface area contributed by atoms with E-state index in [1.807, 2.05) is 0 Å². The molecule has 0 aliphatic carbocycles. The fourth-order valence-electron chi connectivity index (χ4n) is 3.50. The molecule has 0 spiro atoms. The second-order valence-electron chi connectivity index (χ2n) is 7.21. The number of carboxylic acid groups (broad SMARTS) is 1. The van der Waals surface area contributed by atoms with Crippen molar-refractivity contribution in [3.63, 3.8) is 0 Å².